The van der Waals surface area contributed by atoms with Crippen LogP contribution < -0.4 is 5.73 Å². The number of halogens is 2. The van der Waals surface area contributed by atoms with Crippen LogP contribution in [0.3, 0.4) is 0 Å². The monoisotopic (exact) mass is 683 g/mol. The lowest BCUT2D eigenvalue weighted by Gasteiger charge is -2.36. The molecule has 11 nitrogen and oxygen atoms in total. The third-order valence-corrected chi connectivity index (χ3v) is 9.05. The number of nitrogens with zero attached hydrogens (tertiary/aromatic N) is 6. The third kappa shape index (κ3) is 8.17. The highest BCUT2D eigenvalue weighted by Gasteiger charge is 2.33. The number of hydrogen-bond acceptors (Lipinski definition) is 5. The van der Waals surface area contributed by atoms with Crippen molar-refractivity contribution in [2.45, 2.75) is 37.2 Å². The van der Waals surface area contributed by atoms with E-state index in [-0.39, 0.29) is 29.3 Å². The molecule has 14 heteroatoms. The smallest absolute Gasteiger partial charge is 0.410 e. The standard InChI is InChI=1S/C32H35Cl2N7O4S/c1-32(2,3)45-31(42)40-19-17-39(18-20-40)29(35)36-30(38-46(43,44)26-15-13-25(34)14-16-26)41-21-27(22-7-5-4-6-8-22)28(37-41)23-9-11-24(33)12-10-23/h4-16,27H,17-21H2,1-3H3,(H2,35,36,38). The summed E-state index contributed by atoms with van der Waals surface area (Å²) in [6.45, 7) is 7.10. The number of carbonyl (C=O) groups excluding carboxylic acids is 1. The van der Waals surface area contributed by atoms with Gasteiger partial charge in [0.05, 0.1) is 17.2 Å². The van der Waals surface area contributed by atoms with Crippen LogP contribution in [0.4, 0.5) is 4.79 Å². The number of sulfonamides is 1. The Morgan fingerprint density at radius 1 is 0.891 bits per heavy atom. The second-order valence-electron chi connectivity index (χ2n) is 11.8. The molecule has 2 aliphatic heterocycles. The quantitative estimate of drug-likeness (QED) is 0.287. The molecule has 2 aliphatic rings. The lowest BCUT2D eigenvalue weighted by atomic mass is 9.91. The Labute approximate surface area is 279 Å². The summed E-state index contributed by atoms with van der Waals surface area (Å²) < 4.78 is 36.7. The van der Waals surface area contributed by atoms with E-state index in [0.717, 1.165) is 11.1 Å². The molecule has 1 amide bonds. The summed E-state index contributed by atoms with van der Waals surface area (Å²) in [6, 6.07) is 22.8. The summed E-state index contributed by atoms with van der Waals surface area (Å²) >= 11 is 12.2. The van der Waals surface area contributed by atoms with E-state index in [1.807, 2.05) is 63.2 Å². The number of hydrogen-bond donors (Lipinski definition) is 1. The van der Waals surface area contributed by atoms with Gasteiger partial charge in [0, 0.05) is 42.1 Å². The van der Waals surface area contributed by atoms with Crippen molar-refractivity contribution >= 4 is 56.9 Å². The number of carbonyl (C=O) groups is 1. The van der Waals surface area contributed by atoms with Crippen LogP contribution in [0.25, 0.3) is 0 Å². The fraction of sp³-hybridized carbons (Fsp3) is 0.312. The van der Waals surface area contributed by atoms with Crippen molar-refractivity contribution in [3.63, 3.8) is 0 Å². The maximum Gasteiger partial charge on any atom is 0.410 e. The van der Waals surface area contributed by atoms with E-state index >= 15 is 0 Å². The number of benzene rings is 3. The fourth-order valence-electron chi connectivity index (χ4n) is 4.96. The number of amides is 1. The molecule has 3 aromatic carbocycles. The first-order chi connectivity index (χ1) is 21.8. The van der Waals surface area contributed by atoms with Gasteiger partial charge in [0.15, 0.2) is 5.96 Å². The van der Waals surface area contributed by atoms with Gasteiger partial charge in [-0.25, -0.2) is 9.80 Å². The van der Waals surface area contributed by atoms with Gasteiger partial charge in [0.1, 0.15) is 5.60 Å². The van der Waals surface area contributed by atoms with Crippen molar-refractivity contribution < 1.29 is 17.9 Å². The molecule has 0 aliphatic carbocycles. The SMILES string of the molecule is CC(C)(C)OC(=O)N1CCN(/C(N)=N/C(=N/S(=O)(=O)c2ccc(Cl)cc2)N2CC(c3ccccc3)C(c3ccc(Cl)cc3)=N2)CC1. The van der Waals surface area contributed by atoms with Crippen LogP contribution in [-0.4, -0.2) is 85.3 Å². The molecule has 0 saturated carbocycles. The number of aliphatic imine (C=N–C) groups is 1. The molecule has 3 aromatic rings. The molecule has 1 fully saturated rings. The summed E-state index contributed by atoms with van der Waals surface area (Å²) in [5.41, 5.74) is 8.36. The minimum atomic E-state index is -4.25. The molecule has 2 heterocycles. The molecule has 1 atom stereocenters. The van der Waals surface area contributed by atoms with Crippen LogP contribution in [0.2, 0.25) is 10.0 Å². The molecule has 242 valence electrons. The Bertz CT molecular complexity index is 1750. The Balaban J connectivity index is 1.50. The molecular weight excluding hydrogens is 649 g/mol. The third-order valence-electron chi connectivity index (χ3n) is 7.27. The normalized spacial score (nSPS) is 18.1. The van der Waals surface area contributed by atoms with Crippen LogP contribution in [0.1, 0.15) is 37.8 Å². The van der Waals surface area contributed by atoms with Crippen molar-refractivity contribution in [2.75, 3.05) is 32.7 Å². The first-order valence-corrected chi connectivity index (χ1v) is 16.8. The minimum Gasteiger partial charge on any atom is -0.444 e. The summed E-state index contributed by atoms with van der Waals surface area (Å²) in [5.74, 6) is -0.396. The molecule has 2 N–H and O–H groups in total. The lowest BCUT2D eigenvalue weighted by Crippen LogP contribution is -2.53. The largest absolute Gasteiger partial charge is 0.444 e. The van der Waals surface area contributed by atoms with Crippen molar-refractivity contribution in [3.8, 4) is 0 Å². The van der Waals surface area contributed by atoms with Gasteiger partial charge >= 0.3 is 6.09 Å². The highest BCUT2D eigenvalue weighted by Crippen LogP contribution is 2.30. The van der Waals surface area contributed by atoms with E-state index < -0.39 is 21.7 Å². The zero-order valence-corrected chi connectivity index (χ0v) is 28.0. The van der Waals surface area contributed by atoms with Gasteiger partial charge in [0.2, 0.25) is 0 Å². The predicted molar refractivity (Wildman–Crippen MR) is 181 cm³/mol. The Morgan fingerprint density at radius 3 is 2.04 bits per heavy atom. The summed E-state index contributed by atoms with van der Waals surface area (Å²) in [6.07, 6.45) is -0.410. The second kappa shape index (κ2) is 13.7. The summed E-state index contributed by atoms with van der Waals surface area (Å²) in [5, 5.41) is 7.27. The Kier molecular flexibility index (Phi) is 9.90. The summed E-state index contributed by atoms with van der Waals surface area (Å²) in [7, 11) is -4.25. The number of rotatable bonds is 4. The highest BCUT2D eigenvalue weighted by molar-refractivity contribution is 7.90. The van der Waals surface area contributed by atoms with E-state index in [1.54, 1.807) is 21.9 Å². The van der Waals surface area contributed by atoms with Crippen molar-refractivity contribution in [3.05, 3.63) is 100 Å². The number of piperazine rings is 1. The first kappa shape index (κ1) is 33.2. The molecule has 0 spiro atoms. The maximum atomic E-state index is 13.5. The van der Waals surface area contributed by atoms with Gasteiger partial charge in [-0.05, 0) is 68.3 Å². The molecule has 0 bridgehead atoms. The maximum absolute atomic E-state index is 13.5. The van der Waals surface area contributed by atoms with E-state index in [0.29, 0.717) is 41.9 Å². The van der Waals surface area contributed by atoms with Gasteiger partial charge < -0.3 is 20.3 Å². The molecule has 46 heavy (non-hydrogen) atoms. The van der Waals surface area contributed by atoms with Crippen LogP contribution in [-0.2, 0) is 14.8 Å². The van der Waals surface area contributed by atoms with Gasteiger partial charge in [0.25, 0.3) is 16.0 Å². The highest BCUT2D eigenvalue weighted by atomic mass is 35.5. The average Bonchev–Trinajstić information content (AvgIpc) is 3.46. The van der Waals surface area contributed by atoms with Gasteiger partial charge in [-0.2, -0.15) is 18.5 Å². The van der Waals surface area contributed by atoms with Gasteiger partial charge in [-0.3, -0.25) is 0 Å². The molecule has 1 unspecified atom stereocenters. The Hall–Kier alpha value is -4.13. The molecular formula is C32H35Cl2N7O4S. The van der Waals surface area contributed by atoms with E-state index in [4.69, 9.17) is 38.8 Å². The number of hydrazone groups is 1. The van der Waals surface area contributed by atoms with Crippen molar-refractivity contribution in [2.24, 2.45) is 20.2 Å². The molecule has 1 saturated heterocycles. The molecule has 5 rings (SSSR count). The van der Waals surface area contributed by atoms with Crippen LogP contribution in [0.5, 0.6) is 0 Å². The lowest BCUT2D eigenvalue weighted by molar-refractivity contribution is 0.0186. The van der Waals surface area contributed by atoms with E-state index in [2.05, 4.69) is 9.39 Å². The van der Waals surface area contributed by atoms with Crippen LogP contribution >= 0.6 is 23.2 Å². The van der Waals surface area contributed by atoms with Crippen molar-refractivity contribution in [1.82, 2.24) is 14.8 Å². The number of nitrogens with two attached hydrogens (primary N) is 1. The van der Waals surface area contributed by atoms with E-state index in [9.17, 15) is 13.2 Å². The number of guanidine groups is 2. The van der Waals surface area contributed by atoms with Crippen LogP contribution in [0, 0.1) is 0 Å². The van der Waals surface area contributed by atoms with Gasteiger partial charge in [-0.15, -0.1) is 4.40 Å². The zero-order chi connectivity index (χ0) is 33.1. The van der Waals surface area contributed by atoms with Gasteiger partial charge in [-0.1, -0.05) is 65.7 Å². The summed E-state index contributed by atoms with van der Waals surface area (Å²) in [4.78, 5) is 20.4. The first-order valence-electron chi connectivity index (χ1n) is 14.6. The average molecular weight is 685 g/mol. The minimum absolute atomic E-state index is 0.0419. The van der Waals surface area contributed by atoms with Crippen LogP contribution in [0.15, 0.2) is 98.2 Å². The topological polar surface area (TPSA) is 133 Å². The Morgan fingerprint density at radius 2 is 1.46 bits per heavy atom. The second-order valence-corrected chi connectivity index (χ2v) is 14.3. The molecule has 0 radical (unpaired) electrons. The number of ether oxygens (including phenoxy) is 1. The zero-order valence-electron chi connectivity index (χ0n) is 25.7. The predicted octanol–water partition coefficient (Wildman–Crippen LogP) is 5.41. The fourth-order valence-corrected chi connectivity index (χ4v) is 6.15. The molecule has 0 aromatic heterocycles. The van der Waals surface area contributed by atoms with Crippen molar-refractivity contribution in [1.29, 1.82) is 0 Å². The van der Waals surface area contributed by atoms with E-state index in [1.165, 1.54) is 29.3 Å².